The van der Waals surface area contributed by atoms with E-state index >= 15 is 0 Å². The molecule has 0 aliphatic rings. The van der Waals surface area contributed by atoms with Crippen molar-refractivity contribution in [3.8, 4) is 5.75 Å². The lowest BCUT2D eigenvalue weighted by molar-refractivity contribution is 0.358. The molecule has 0 radical (unpaired) electrons. The van der Waals surface area contributed by atoms with Crippen molar-refractivity contribution in [3.05, 3.63) is 29.8 Å². The maximum Gasteiger partial charge on any atom is 0.115 e. The summed E-state index contributed by atoms with van der Waals surface area (Å²) in [6.45, 7) is 8.95. The van der Waals surface area contributed by atoms with Gasteiger partial charge in [-0.05, 0) is 43.4 Å². The summed E-state index contributed by atoms with van der Waals surface area (Å²) in [5, 5.41) is 13.2. The molecule has 1 rings (SSSR count). The van der Waals surface area contributed by atoms with E-state index in [9.17, 15) is 5.11 Å². The predicted molar refractivity (Wildman–Crippen MR) is 77.8 cm³/mol. The van der Waals surface area contributed by atoms with Crippen molar-refractivity contribution in [2.24, 2.45) is 5.92 Å². The normalized spacial score (nSPS) is 16.2. The van der Waals surface area contributed by atoms with Gasteiger partial charge in [0.15, 0.2) is 0 Å². The zero-order valence-electron chi connectivity index (χ0n) is 12.1. The molecule has 0 saturated carbocycles. The van der Waals surface area contributed by atoms with Crippen LogP contribution in [-0.4, -0.2) is 11.1 Å². The SMILES string of the molecule is CCC(C)CC(CC)NC(C)c1cccc(O)c1. The van der Waals surface area contributed by atoms with Gasteiger partial charge in [0.1, 0.15) is 5.75 Å². The Morgan fingerprint density at radius 1 is 1.17 bits per heavy atom. The molecule has 3 atom stereocenters. The summed E-state index contributed by atoms with van der Waals surface area (Å²) in [5.41, 5.74) is 1.15. The molecule has 0 aromatic heterocycles. The van der Waals surface area contributed by atoms with Crippen LogP contribution in [0.4, 0.5) is 0 Å². The lowest BCUT2D eigenvalue weighted by Gasteiger charge is -2.25. The molecule has 0 amide bonds. The van der Waals surface area contributed by atoms with Crippen molar-refractivity contribution in [2.75, 3.05) is 0 Å². The summed E-state index contributed by atoms with van der Waals surface area (Å²) in [5.74, 6) is 1.11. The Hall–Kier alpha value is -1.02. The molecular formula is C16H27NO. The Kier molecular flexibility index (Phi) is 6.20. The molecule has 0 aliphatic carbocycles. The van der Waals surface area contributed by atoms with Gasteiger partial charge in [0.25, 0.3) is 0 Å². The summed E-state index contributed by atoms with van der Waals surface area (Å²) in [6, 6.07) is 8.36. The highest BCUT2D eigenvalue weighted by atomic mass is 16.3. The van der Waals surface area contributed by atoms with Crippen molar-refractivity contribution in [1.29, 1.82) is 0 Å². The number of benzene rings is 1. The first-order valence-electron chi connectivity index (χ1n) is 7.11. The van der Waals surface area contributed by atoms with Crippen LogP contribution in [0, 0.1) is 5.92 Å². The van der Waals surface area contributed by atoms with Crippen molar-refractivity contribution in [1.82, 2.24) is 5.32 Å². The largest absolute Gasteiger partial charge is 0.508 e. The van der Waals surface area contributed by atoms with Gasteiger partial charge in [0.2, 0.25) is 0 Å². The van der Waals surface area contributed by atoms with Crippen LogP contribution in [-0.2, 0) is 0 Å². The highest BCUT2D eigenvalue weighted by Crippen LogP contribution is 2.20. The molecule has 1 aromatic rings. The standard InChI is InChI=1S/C16H27NO/c1-5-12(3)10-15(6-2)17-13(4)14-8-7-9-16(18)11-14/h7-9,11-13,15,17-18H,5-6,10H2,1-4H3. The Balaban J connectivity index is 2.59. The van der Waals surface area contributed by atoms with Crippen LogP contribution in [0.15, 0.2) is 24.3 Å². The van der Waals surface area contributed by atoms with E-state index in [4.69, 9.17) is 0 Å². The third-order valence-electron chi connectivity index (χ3n) is 3.73. The van der Waals surface area contributed by atoms with E-state index < -0.39 is 0 Å². The third kappa shape index (κ3) is 4.69. The van der Waals surface area contributed by atoms with E-state index in [0.717, 1.165) is 17.9 Å². The lowest BCUT2D eigenvalue weighted by Crippen LogP contribution is -2.32. The first-order chi connectivity index (χ1) is 8.56. The van der Waals surface area contributed by atoms with E-state index in [1.165, 1.54) is 12.8 Å². The molecule has 18 heavy (non-hydrogen) atoms. The van der Waals surface area contributed by atoms with Crippen LogP contribution in [0.25, 0.3) is 0 Å². The molecule has 0 heterocycles. The van der Waals surface area contributed by atoms with E-state index in [1.807, 2.05) is 12.1 Å². The fourth-order valence-electron chi connectivity index (χ4n) is 2.25. The number of nitrogens with one attached hydrogen (secondary N) is 1. The first kappa shape index (κ1) is 15.0. The molecule has 3 unspecified atom stereocenters. The minimum atomic E-state index is 0.283. The second kappa shape index (κ2) is 7.42. The quantitative estimate of drug-likeness (QED) is 0.757. The molecule has 2 N–H and O–H groups in total. The number of hydrogen-bond donors (Lipinski definition) is 2. The van der Waals surface area contributed by atoms with Crippen LogP contribution < -0.4 is 5.32 Å². The predicted octanol–water partition coefficient (Wildman–Crippen LogP) is 4.26. The fourth-order valence-corrected chi connectivity index (χ4v) is 2.25. The molecule has 0 fully saturated rings. The van der Waals surface area contributed by atoms with Crippen molar-refractivity contribution in [3.63, 3.8) is 0 Å². The Bertz CT molecular complexity index is 351. The summed E-state index contributed by atoms with van der Waals surface area (Å²) < 4.78 is 0. The van der Waals surface area contributed by atoms with Gasteiger partial charge in [-0.2, -0.15) is 0 Å². The summed E-state index contributed by atoms with van der Waals surface area (Å²) >= 11 is 0. The van der Waals surface area contributed by atoms with Gasteiger partial charge in [-0.15, -0.1) is 0 Å². The van der Waals surface area contributed by atoms with Crippen LogP contribution in [0.3, 0.4) is 0 Å². The van der Waals surface area contributed by atoms with E-state index in [-0.39, 0.29) is 6.04 Å². The van der Waals surface area contributed by atoms with Crippen molar-refractivity contribution < 1.29 is 5.11 Å². The topological polar surface area (TPSA) is 32.3 Å². The molecule has 102 valence electrons. The molecule has 2 heteroatoms. The Labute approximate surface area is 111 Å². The lowest BCUT2D eigenvalue weighted by atomic mass is 9.96. The monoisotopic (exact) mass is 249 g/mol. The van der Waals surface area contributed by atoms with Gasteiger partial charge in [-0.1, -0.05) is 39.3 Å². The average molecular weight is 249 g/mol. The van der Waals surface area contributed by atoms with E-state index in [1.54, 1.807) is 6.07 Å². The summed E-state index contributed by atoms with van der Waals surface area (Å²) in [7, 11) is 0. The Morgan fingerprint density at radius 2 is 1.89 bits per heavy atom. The highest BCUT2D eigenvalue weighted by molar-refractivity contribution is 5.29. The molecular weight excluding hydrogens is 222 g/mol. The van der Waals surface area contributed by atoms with Gasteiger partial charge in [0.05, 0.1) is 0 Å². The zero-order chi connectivity index (χ0) is 13.5. The van der Waals surface area contributed by atoms with Gasteiger partial charge in [-0.25, -0.2) is 0 Å². The minimum Gasteiger partial charge on any atom is -0.508 e. The van der Waals surface area contributed by atoms with Crippen molar-refractivity contribution >= 4 is 0 Å². The fraction of sp³-hybridized carbons (Fsp3) is 0.625. The van der Waals surface area contributed by atoms with Crippen LogP contribution in [0.1, 0.15) is 58.6 Å². The van der Waals surface area contributed by atoms with Gasteiger partial charge < -0.3 is 10.4 Å². The number of hydrogen-bond acceptors (Lipinski definition) is 2. The second-order valence-electron chi connectivity index (χ2n) is 5.34. The Morgan fingerprint density at radius 3 is 2.44 bits per heavy atom. The average Bonchev–Trinajstić information content (AvgIpc) is 2.37. The van der Waals surface area contributed by atoms with Crippen LogP contribution in [0.2, 0.25) is 0 Å². The van der Waals surface area contributed by atoms with Crippen molar-refractivity contribution in [2.45, 2.75) is 59.0 Å². The molecule has 1 aromatic carbocycles. The number of rotatable bonds is 7. The minimum absolute atomic E-state index is 0.283. The van der Waals surface area contributed by atoms with Gasteiger partial charge in [0, 0.05) is 12.1 Å². The third-order valence-corrected chi connectivity index (χ3v) is 3.73. The highest BCUT2D eigenvalue weighted by Gasteiger charge is 2.14. The summed E-state index contributed by atoms with van der Waals surface area (Å²) in [4.78, 5) is 0. The smallest absolute Gasteiger partial charge is 0.115 e. The number of aromatic hydroxyl groups is 1. The molecule has 0 bridgehead atoms. The molecule has 0 spiro atoms. The van der Waals surface area contributed by atoms with Crippen LogP contribution in [0.5, 0.6) is 5.75 Å². The molecule has 0 saturated heterocycles. The maximum atomic E-state index is 9.51. The maximum absolute atomic E-state index is 9.51. The molecule has 0 aliphatic heterocycles. The van der Waals surface area contributed by atoms with Gasteiger partial charge >= 0.3 is 0 Å². The van der Waals surface area contributed by atoms with Crippen LogP contribution >= 0.6 is 0 Å². The first-order valence-corrected chi connectivity index (χ1v) is 7.11. The molecule has 2 nitrogen and oxygen atoms in total. The number of phenols is 1. The van der Waals surface area contributed by atoms with E-state index in [0.29, 0.717) is 11.8 Å². The zero-order valence-corrected chi connectivity index (χ0v) is 12.1. The van der Waals surface area contributed by atoms with Gasteiger partial charge in [-0.3, -0.25) is 0 Å². The number of phenolic OH excluding ortho intramolecular Hbond substituents is 1. The second-order valence-corrected chi connectivity index (χ2v) is 5.34. The van der Waals surface area contributed by atoms with E-state index in [2.05, 4.69) is 39.1 Å². The summed E-state index contributed by atoms with van der Waals surface area (Å²) in [6.07, 6.45) is 3.60.